The summed E-state index contributed by atoms with van der Waals surface area (Å²) >= 11 is 0. The van der Waals surface area contributed by atoms with Crippen molar-refractivity contribution in [2.75, 3.05) is 31.1 Å². The molecular formula is C22H20F3N3O2S. The molecule has 3 aromatic rings. The first-order valence-corrected chi connectivity index (χ1v) is 11.5. The molecule has 0 saturated carbocycles. The van der Waals surface area contributed by atoms with Gasteiger partial charge in [-0.1, -0.05) is 18.2 Å². The average molecular weight is 447 g/mol. The molecule has 0 aliphatic carbocycles. The molecule has 2 fully saturated rings. The van der Waals surface area contributed by atoms with Crippen LogP contribution in [0.4, 0.5) is 18.9 Å². The monoisotopic (exact) mass is 447 g/mol. The molecule has 2 aromatic carbocycles. The van der Waals surface area contributed by atoms with Gasteiger partial charge in [0.2, 0.25) is 9.84 Å². The second-order valence-corrected chi connectivity index (χ2v) is 10.1. The Kier molecular flexibility index (Phi) is 4.71. The van der Waals surface area contributed by atoms with E-state index in [0.717, 1.165) is 44.0 Å². The molecule has 2 aliphatic heterocycles. The van der Waals surface area contributed by atoms with Crippen LogP contribution in [0.15, 0.2) is 64.5 Å². The molecule has 162 valence electrons. The van der Waals surface area contributed by atoms with Crippen molar-refractivity contribution >= 4 is 26.4 Å². The number of nitrogens with zero attached hydrogens (tertiary/aromatic N) is 2. The van der Waals surface area contributed by atoms with Gasteiger partial charge < -0.3 is 10.2 Å². The lowest BCUT2D eigenvalue weighted by molar-refractivity contribution is -0.137. The summed E-state index contributed by atoms with van der Waals surface area (Å²) in [6.45, 7) is 3.84. The number of anilines is 1. The van der Waals surface area contributed by atoms with Crippen molar-refractivity contribution in [1.82, 2.24) is 10.3 Å². The van der Waals surface area contributed by atoms with Crippen molar-refractivity contribution in [2.45, 2.75) is 16.0 Å². The second kappa shape index (κ2) is 7.20. The van der Waals surface area contributed by atoms with E-state index in [1.807, 2.05) is 12.1 Å². The van der Waals surface area contributed by atoms with E-state index in [-0.39, 0.29) is 4.90 Å². The Labute approximate surface area is 177 Å². The van der Waals surface area contributed by atoms with Crippen LogP contribution in [0.3, 0.4) is 0 Å². The highest BCUT2D eigenvalue weighted by molar-refractivity contribution is 7.91. The van der Waals surface area contributed by atoms with E-state index in [2.05, 4.69) is 15.2 Å². The number of hydrogen-bond acceptors (Lipinski definition) is 5. The molecule has 5 rings (SSSR count). The number of rotatable bonds is 3. The minimum atomic E-state index is -4.62. The van der Waals surface area contributed by atoms with Gasteiger partial charge in [0.1, 0.15) is 0 Å². The summed E-state index contributed by atoms with van der Waals surface area (Å²) in [5.41, 5.74) is 0.645. The van der Waals surface area contributed by atoms with Crippen LogP contribution in [0.5, 0.6) is 0 Å². The Hall–Kier alpha value is -2.65. The standard InChI is InChI=1S/C22H20F3N3O2S/c23-22(24,25)17-4-2-5-18(8-17)31(29,30)19-7-14-3-1-6-20(21(14)27-11-19)28-12-15-9-26-10-16(15)13-28/h1-8,11,15-16,26H,9-10,12-13H2/t15-,16+. The molecule has 3 heterocycles. The number of para-hydroxylation sites is 1. The van der Waals surface area contributed by atoms with Gasteiger partial charge >= 0.3 is 6.18 Å². The normalized spacial score (nSPS) is 21.6. The summed E-state index contributed by atoms with van der Waals surface area (Å²) in [5.74, 6) is 1.19. The van der Waals surface area contributed by atoms with Gasteiger partial charge in [-0.15, -0.1) is 0 Å². The lowest BCUT2D eigenvalue weighted by Gasteiger charge is -2.21. The van der Waals surface area contributed by atoms with Crippen molar-refractivity contribution in [3.63, 3.8) is 0 Å². The van der Waals surface area contributed by atoms with Crippen LogP contribution in [0.25, 0.3) is 10.9 Å². The molecule has 9 heteroatoms. The number of sulfone groups is 1. The summed E-state index contributed by atoms with van der Waals surface area (Å²) < 4.78 is 65.1. The second-order valence-electron chi connectivity index (χ2n) is 8.13. The highest BCUT2D eigenvalue weighted by atomic mass is 32.2. The topological polar surface area (TPSA) is 62.3 Å². The zero-order chi connectivity index (χ0) is 21.8. The SMILES string of the molecule is O=S(=O)(c1cccc(C(F)(F)F)c1)c1cnc2c(N3C[C@H]4CNC[C@H]4C3)cccc2c1. The lowest BCUT2D eigenvalue weighted by atomic mass is 10.0. The fourth-order valence-corrected chi connectivity index (χ4v) is 5.84. The number of nitrogens with one attached hydrogen (secondary N) is 1. The number of aromatic nitrogens is 1. The quantitative estimate of drug-likeness (QED) is 0.663. The molecule has 0 spiro atoms. The van der Waals surface area contributed by atoms with Crippen LogP contribution in [-0.2, 0) is 16.0 Å². The smallest absolute Gasteiger partial charge is 0.369 e. The zero-order valence-electron chi connectivity index (χ0n) is 16.4. The third-order valence-electron chi connectivity index (χ3n) is 6.18. The predicted octanol–water partition coefficient (Wildman–Crippen LogP) is 3.74. The Balaban J connectivity index is 1.52. The first kappa shape index (κ1) is 20.3. The van der Waals surface area contributed by atoms with Crippen molar-refractivity contribution in [2.24, 2.45) is 11.8 Å². The Morgan fingerprint density at radius 3 is 2.39 bits per heavy atom. The van der Waals surface area contributed by atoms with Gasteiger partial charge in [0.15, 0.2) is 0 Å². The van der Waals surface area contributed by atoms with Crippen LogP contribution in [0.2, 0.25) is 0 Å². The van der Waals surface area contributed by atoms with Gasteiger partial charge in [-0.3, -0.25) is 4.98 Å². The summed E-state index contributed by atoms with van der Waals surface area (Å²) in [4.78, 5) is 6.18. The van der Waals surface area contributed by atoms with Crippen LogP contribution < -0.4 is 10.2 Å². The average Bonchev–Trinajstić information content (AvgIpc) is 3.34. The van der Waals surface area contributed by atoms with Crippen LogP contribution >= 0.6 is 0 Å². The van der Waals surface area contributed by atoms with E-state index in [0.29, 0.717) is 28.8 Å². The minimum absolute atomic E-state index is 0.126. The van der Waals surface area contributed by atoms with E-state index in [1.165, 1.54) is 18.3 Å². The molecule has 31 heavy (non-hydrogen) atoms. The molecule has 0 radical (unpaired) electrons. The summed E-state index contributed by atoms with van der Waals surface area (Å²) in [6, 6.07) is 10.9. The van der Waals surface area contributed by atoms with E-state index < -0.39 is 26.5 Å². The maximum absolute atomic E-state index is 13.0. The van der Waals surface area contributed by atoms with Gasteiger partial charge in [0, 0.05) is 37.8 Å². The maximum atomic E-state index is 13.0. The number of alkyl halides is 3. The van der Waals surface area contributed by atoms with E-state index in [9.17, 15) is 21.6 Å². The molecule has 2 atom stereocenters. The Morgan fingerprint density at radius 1 is 0.968 bits per heavy atom. The molecule has 2 saturated heterocycles. The fourth-order valence-electron chi connectivity index (χ4n) is 4.55. The molecule has 0 amide bonds. The molecule has 5 nitrogen and oxygen atoms in total. The lowest BCUT2D eigenvalue weighted by Crippen LogP contribution is -2.25. The molecular weight excluding hydrogens is 427 g/mol. The summed E-state index contributed by atoms with van der Waals surface area (Å²) in [6.07, 6.45) is -3.38. The van der Waals surface area contributed by atoms with Gasteiger partial charge in [-0.05, 0) is 42.2 Å². The summed E-state index contributed by atoms with van der Waals surface area (Å²) in [7, 11) is -4.14. The number of fused-ring (bicyclic) bond motifs is 2. The first-order chi connectivity index (χ1) is 14.7. The summed E-state index contributed by atoms with van der Waals surface area (Å²) in [5, 5.41) is 4.05. The number of hydrogen-bond donors (Lipinski definition) is 1. The number of pyridine rings is 1. The number of halogens is 3. The largest absolute Gasteiger partial charge is 0.416 e. The van der Waals surface area contributed by atoms with E-state index in [4.69, 9.17) is 0 Å². The Morgan fingerprint density at radius 2 is 1.68 bits per heavy atom. The highest BCUT2D eigenvalue weighted by Crippen LogP contribution is 2.36. The molecule has 2 aliphatic rings. The predicted molar refractivity (Wildman–Crippen MR) is 111 cm³/mol. The molecule has 1 aromatic heterocycles. The first-order valence-electron chi connectivity index (χ1n) is 10.0. The zero-order valence-corrected chi connectivity index (χ0v) is 17.2. The molecule has 1 N–H and O–H groups in total. The fraction of sp³-hybridized carbons (Fsp3) is 0.318. The van der Waals surface area contributed by atoms with Gasteiger partial charge in [0.25, 0.3) is 0 Å². The van der Waals surface area contributed by atoms with Gasteiger partial charge in [0.05, 0.1) is 26.6 Å². The van der Waals surface area contributed by atoms with Crippen LogP contribution in [0.1, 0.15) is 5.56 Å². The number of benzene rings is 2. The van der Waals surface area contributed by atoms with E-state index >= 15 is 0 Å². The van der Waals surface area contributed by atoms with Crippen LogP contribution in [-0.4, -0.2) is 39.6 Å². The minimum Gasteiger partial charge on any atom is -0.369 e. The van der Waals surface area contributed by atoms with Crippen molar-refractivity contribution in [3.8, 4) is 0 Å². The third kappa shape index (κ3) is 3.55. The van der Waals surface area contributed by atoms with Gasteiger partial charge in [-0.2, -0.15) is 13.2 Å². The maximum Gasteiger partial charge on any atom is 0.416 e. The third-order valence-corrected chi connectivity index (χ3v) is 7.90. The van der Waals surface area contributed by atoms with E-state index in [1.54, 1.807) is 6.07 Å². The molecule has 0 unspecified atom stereocenters. The van der Waals surface area contributed by atoms with Crippen molar-refractivity contribution < 1.29 is 21.6 Å². The van der Waals surface area contributed by atoms with Crippen molar-refractivity contribution in [1.29, 1.82) is 0 Å². The molecule has 0 bridgehead atoms. The Bertz CT molecular complexity index is 1250. The van der Waals surface area contributed by atoms with Crippen LogP contribution in [0, 0.1) is 11.8 Å². The highest BCUT2D eigenvalue weighted by Gasteiger charge is 2.37. The van der Waals surface area contributed by atoms with Crippen molar-refractivity contribution in [3.05, 3.63) is 60.3 Å². The van der Waals surface area contributed by atoms with Gasteiger partial charge in [-0.25, -0.2) is 8.42 Å².